The Morgan fingerprint density at radius 1 is 0.446 bits per heavy atom. The predicted molar refractivity (Wildman–Crippen MR) is 192 cm³/mol. The van der Waals surface area contributed by atoms with Crippen molar-refractivity contribution >= 4 is 0 Å². The van der Waals surface area contributed by atoms with Crippen molar-refractivity contribution in [1.29, 1.82) is 0 Å². The van der Waals surface area contributed by atoms with Crippen LogP contribution in [0.2, 0.25) is 0 Å². The van der Waals surface area contributed by atoms with Crippen molar-refractivity contribution in [3.05, 3.63) is 0 Å². The second-order valence-electron chi connectivity index (χ2n) is 12.2. The van der Waals surface area contributed by atoms with E-state index in [1.807, 2.05) is 13.8 Å². The zero-order chi connectivity index (χ0) is 45.3. The van der Waals surface area contributed by atoms with E-state index in [1.54, 1.807) is 0 Å². The highest BCUT2D eigenvalue weighted by molar-refractivity contribution is 4.89. The van der Waals surface area contributed by atoms with Gasteiger partial charge < -0.3 is 122 Å². The highest BCUT2D eigenvalue weighted by Crippen LogP contribution is 2.22. The van der Waals surface area contributed by atoms with E-state index < -0.39 is 137 Å². The molecule has 1 aliphatic heterocycles. The summed E-state index contributed by atoms with van der Waals surface area (Å²) in [5, 5.41) is 193. The molecular weight excluding hydrogens is 768 g/mol. The molecule has 1 rings (SSSR count). The lowest BCUT2D eigenvalue weighted by Gasteiger charge is -2.39. The molecule has 0 radical (unpaired) electrons. The Morgan fingerprint density at radius 3 is 1.07 bits per heavy atom. The zero-order valence-electron chi connectivity index (χ0n) is 32.5. The van der Waals surface area contributed by atoms with Gasteiger partial charge in [0.1, 0.15) is 79.4 Å². The second-order valence-corrected chi connectivity index (χ2v) is 12.2. The van der Waals surface area contributed by atoms with Gasteiger partial charge in [0.2, 0.25) is 0 Å². The fourth-order valence-corrected chi connectivity index (χ4v) is 3.06. The van der Waals surface area contributed by atoms with E-state index in [1.165, 1.54) is 20.8 Å². The Morgan fingerprint density at radius 2 is 0.804 bits per heavy atom. The molecule has 56 heavy (non-hydrogen) atoms. The van der Waals surface area contributed by atoms with Crippen molar-refractivity contribution in [2.24, 2.45) is 0 Å². The fourth-order valence-electron chi connectivity index (χ4n) is 3.06. The monoisotopic (exact) mass is 842 g/mol. The Bertz CT molecular complexity index is 782. The predicted octanol–water partition coefficient (Wildman–Crippen LogP) is -10.1. The largest absolute Gasteiger partial charge is 0.396 e. The molecule has 1 aliphatic rings. The van der Waals surface area contributed by atoms with Gasteiger partial charge in [-0.25, -0.2) is 0 Å². The van der Waals surface area contributed by atoms with Gasteiger partial charge in [-0.3, -0.25) is 0 Å². The van der Waals surface area contributed by atoms with E-state index in [0.29, 0.717) is 13.2 Å². The van der Waals surface area contributed by atoms with E-state index in [2.05, 4.69) is 0 Å². The van der Waals surface area contributed by atoms with Crippen LogP contribution in [0.15, 0.2) is 0 Å². The molecule has 16 unspecified atom stereocenters. The molecule has 22 N–H and O–H groups in total. The molecule has 0 saturated carbocycles. The van der Waals surface area contributed by atoms with Gasteiger partial charge in [-0.05, 0) is 33.6 Å². The lowest BCUT2D eigenvalue weighted by atomic mass is 9.99. The molecule has 0 aliphatic carbocycles. The number of hydrogen-bond acceptors (Lipinski definition) is 24. The Labute approximate surface area is 326 Å². The van der Waals surface area contributed by atoms with Gasteiger partial charge in [-0.1, -0.05) is 13.8 Å². The third-order valence-corrected chi connectivity index (χ3v) is 6.95. The normalized spacial score (nSPS) is 25.4. The molecule has 24 nitrogen and oxygen atoms in total. The molecule has 16 atom stereocenters. The summed E-state index contributed by atoms with van der Waals surface area (Å²) in [6.45, 7) is 5.10. The van der Waals surface area contributed by atoms with Gasteiger partial charge in [0.25, 0.3) is 0 Å². The number of hydrogen-bond donors (Lipinski definition) is 22. The summed E-state index contributed by atoms with van der Waals surface area (Å²) in [7, 11) is 0. The van der Waals surface area contributed by atoms with E-state index in [0.717, 1.165) is 12.8 Å². The summed E-state index contributed by atoms with van der Waals surface area (Å²) in [4.78, 5) is 0. The Hall–Kier alpha value is -0.960. The maximum Gasteiger partial charge on any atom is 0.186 e. The Balaban J connectivity index is -0.000000206. The van der Waals surface area contributed by atoms with Crippen molar-refractivity contribution in [1.82, 2.24) is 0 Å². The van der Waals surface area contributed by atoms with Crippen LogP contribution < -0.4 is 0 Å². The first kappa shape index (κ1) is 64.2. The molecule has 0 bridgehead atoms. The number of aliphatic hydroxyl groups excluding tert-OH is 22. The minimum Gasteiger partial charge on any atom is -0.396 e. The molecule has 0 aromatic carbocycles. The molecule has 1 heterocycles. The van der Waals surface area contributed by atoms with Crippen LogP contribution in [0.25, 0.3) is 0 Å². The van der Waals surface area contributed by atoms with Crippen LogP contribution in [-0.2, 0) is 9.47 Å². The molecule has 0 amide bonds. The third-order valence-electron chi connectivity index (χ3n) is 6.95. The van der Waals surface area contributed by atoms with Gasteiger partial charge in [-0.2, -0.15) is 0 Å². The lowest BCUT2D eigenvalue weighted by molar-refractivity contribution is -0.306. The van der Waals surface area contributed by atoms with Crippen molar-refractivity contribution in [3.63, 3.8) is 0 Å². The summed E-state index contributed by atoms with van der Waals surface area (Å²) < 4.78 is 10.0. The second kappa shape index (κ2) is 39.5. The van der Waals surface area contributed by atoms with E-state index in [-0.39, 0.29) is 6.61 Å². The quantitative estimate of drug-likeness (QED) is 0.0609. The molecule has 346 valence electrons. The molecule has 0 aromatic heterocycles. The number of rotatable bonds is 18. The molecule has 1 saturated heterocycles. The van der Waals surface area contributed by atoms with Crippen LogP contribution >= 0.6 is 0 Å². The summed E-state index contributed by atoms with van der Waals surface area (Å²) >= 11 is 0. The van der Waals surface area contributed by atoms with Gasteiger partial charge >= 0.3 is 0 Å². The van der Waals surface area contributed by atoms with Crippen LogP contribution in [0.5, 0.6) is 0 Å². The van der Waals surface area contributed by atoms with E-state index in [4.69, 9.17) is 96.3 Å². The topological polar surface area (TPSA) is 464 Å². The van der Waals surface area contributed by atoms with Crippen LogP contribution in [0.1, 0.15) is 47.5 Å². The number of ether oxygens (including phenoxy) is 2. The molecule has 24 heteroatoms. The first-order valence-corrected chi connectivity index (χ1v) is 17.7. The zero-order valence-corrected chi connectivity index (χ0v) is 32.5. The van der Waals surface area contributed by atoms with E-state index in [9.17, 15) is 25.5 Å². The van der Waals surface area contributed by atoms with Gasteiger partial charge in [0.05, 0.1) is 58.0 Å². The van der Waals surface area contributed by atoms with Gasteiger partial charge in [-0.15, -0.1) is 0 Å². The van der Waals surface area contributed by atoms with Gasteiger partial charge in [0.15, 0.2) is 6.29 Å². The van der Waals surface area contributed by atoms with Crippen LogP contribution in [0, 0.1) is 0 Å². The van der Waals surface area contributed by atoms with Crippen molar-refractivity contribution in [2.75, 3.05) is 52.9 Å². The molecule has 0 spiro atoms. The third kappa shape index (κ3) is 31.0. The van der Waals surface area contributed by atoms with Crippen molar-refractivity contribution in [2.45, 2.75) is 151 Å². The molecular formula is C32H74O24. The fraction of sp³-hybridized carbons (Fsp3) is 1.00. The van der Waals surface area contributed by atoms with Crippen molar-refractivity contribution in [3.8, 4) is 0 Å². The Kier molecular flexibility index (Phi) is 45.3. The maximum absolute atomic E-state index is 9.65. The smallest absolute Gasteiger partial charge is 0.186 e. The van der Waals surface area contributed by atoms with Crippen molar-refractivity contribution < 1.29 is 122 Å². The van der Waals surface area contributed by atoms with Crippen LogP contribution in [0.4, 0.5) is 0 Å². The summed E-state index contributed by atoms with van der Waals surface area (Å²) in [6.07, 6.45) is -21.1. The summed E-state index contributed by atoms with van der Waals surface area (Å²) in [6, 6.07) is 0. The first-order chi connectivity index (χ1) is 25.9. The first-order valence-electron chi connectivity index (χ1n) is 17.7. The highest BCUT2D eigenvalue weighted by atomic mass is 16.7. The minimum atomic E-state index is -1.58. The summed E-state index contributed by atoms with van der Waals surface area (Å²) in [5.74, 6) is 0. The van der Waals surface area contributed by atoms with Crippen LogP contribution in [0.3, 0.4) is 0 Å². The van der Waals surface area contributed by atoms with E-state index >= 15 is 0 Å². The summed E-state index contributed by atoms with van der Waals surface area (Å²) in [5.41, 5.74) is 0. The van der Waals surface area contributed by atoms with Crippen LogP contribution in [-0.4, -0.2) is 269 Å². The highest BCUT2D eigenvalue weighted by Gasteiger charge is 2.44. The lowest BCUT2D eigenvalue weighted by Crippen LogP contribution is -2.59. The standard InChI is InChI=1S/C11H22O9.C6H14O5.C5H12O5.C4H10O3.2C3H8O/c1-4(13)7(15)5(14)3-19-11-10(18)9(17)8(16)6(2-12)20-11;1-3(8)5(10)6(11)4(9)2-7;6-1-3(8)5(10)4(9)2-7;1-3(6)4(7)2-5;2*1-2-3-4/h4-18H,2-3H2,1H3;3-11H,2H2,1H3;3-10H,1-2H2;3-7H,2H2,1H3;2*4H,2-3H2,1H3. The average Bonchev–Trinajstić information content (AvgIpc) is 3.20. The minimum absolute atomic E-state index is 0.319. The molecule has 1 fully saturated rings. The average molecular weight is 843 g/mol. The maximum atomic E-state index is 9.65. The molecule has 0 aromatic rings. The number of aliphatic hydroxyl groups is 22. The SMILES string of the molecule is CC(O)C(O)C(O)C(O)CO.CC(O)C(O)C(O)COC1OC(CO)C(O)C(O)C1O.CC(O)C(O)CO.CCCO.CCCO.OCC(O)C(O)C(O)CO. The van der Waals surface area contributed by atoms with Gasteiger partial charge in [0, 0.05) is 13.2 Å².